The molecule has 100 valence electrons. The van der Waals surface area contributed by atoms with Crippen LogP contribution in [0.25, 0.3) is 0 Å². The molecular weight excluding hydrogens is 246 g/mol. The van der Waals surface area contributed by atoms with Crippen LogP contribution in [0.5, 0.6) is 0 Å². The highest BCUT2D eigenvalue weighted by atomic mass is 32.1. The van der Waals surface area contributed by atoms with Crippen molar-refractivity contribution in [3.63, 3.8) is 0 Å². The second-order valence-electron chi connectivity index (χ2n) is 5.19. The smallest absolute Gasteiger partial charge is 0.315 e. The Balaban J connectivity index is 2.05. The van der Waals surface area contributed by atoms with Crippen molar-refractivity contribution in [3.05, 3.63) is 15.6 Å². The van der Waals surface area contributed by atoms with Crippen molar-refractivity contribution in [2.45, 2.75) is 52.4 Å². The van der Waals surface area contributed by atoms with Gasteiger partial charge in [0.1, 0.15) is 5.92 Å². The first-order valence-electron chi connectivity index (χ1n) is 6.77. The van der Waals surface area contributed by atoms with Crippen LogP contribution in [-0.4, -0.2) is 17.6 Å². The van der Waals surface area contributed by atoms with Crippen LogP contribution < -0.4 is 0 Å². The fraction of sp³-hybridized carbons (Fsp3) is 0.714. The van der Waals surface area contributed by atoms with Gasteiger partial charge in [0.25, 0.3) is 0 Å². The van der Waals surface area contributed by atoms with E-state index < -0.39 is 0 Å². The lowest BCUT2D eigenvalue weighted by Crippen LogP contribution is -2.14. The maximum atomic E-state index is 11.8. The van der Waals surface area contributed by atoms with Crippen LogP contribution in [0.3, 0.4) is 0 Å². The molecule has 0 aromatic carbocycles. The van der Waals surface area contributed by atoms with E-state index >= 15 is 0 Å². The summed E-state index contributed by atoms with van der Waals surface area (Å²) in [5.74, 6) is 0.491. The van der Waals surface area contributed by atoms with E-state index in [1.54, 1.807) is 11.3 Å². The Kier molecular flexibility index (Phi) is 4.38. The minimum absolute atomic E-state index is 0.100. The van der Waals surface area contributed by atoms with Gasteiger partial charge in [0.05, 0.1) is 17.3 Å². The number of rotatable bonds is 5. The van der Waals surface area contributed by atoms with Gasteiger partial charge >= 0.3 is 5.97 Å². The standard InChI is InChI=1S/C14H21NO2S/c1-4-17-14(16)10-6-7-11-13(10)15-12(18-11)8-5-9(2)3/h9-10H,4-8H2,1-3H3. The number of ether oxygens (including phenoxy) is 1. The Morgan fingerprint density at radius 1 is 1.56 bits per heavy atom. The Morgan fingerprint density at radius 3 is 3.00 bits per heavy atom. The van der Waals surface area contributed by atoms with Crippen molar-refractivity contribution in [1.29, 1.82) is 0 Å². The Hall–Kier alpha value is -0.900. The van der Waals surface area contributed by atoms with E-state index in [1.807, 2.05) is 6.92 Å². The summed E-state index contributed by atoms with van der Waals surface area (Å²) in [7, 11) is 0. The van der Waals surface area contributed by atoms with Gasteiger partial charge in [-0.1, -0.05) is 13.8 Å². The number of hydrogen-bond donors (Lipinski definition) is 0. The molecule has 0 bridgehead atoms. The molecule has 1 aliphatic rings. The molecule has 1 aromatic rings. The zero-order chi connectivity index (χ0) is 13.1. The Bertz CT molecular complexity index is 425. The molecule has 0 saturated heterocycles. The molecule has 0 N–H and O–H groups in total. The molecule has 0 fully saturated rings. The number of hydrogen-bond acceptors (Lipinski definition) is 4. The normalized spacial score (nSPS) is 18.1. The van der Waals surface area contributed by atoms with Crippen molar-refractivity contribution in [3.8, 4) is 0 Å². The summed E-state index contributed by atoms with van der Waals surface area (Å²) in [4.78, 5) is 17.8. The van der Waals surface area contributed by atoms with E-state index in [9.17, 15) is 4.79 Å². The maximum absolute atomic E-state index is 11.8. The van der Waals surface area contributed by atoms with Gasteiger partial charge in [-0.15, -0.1) is 11.3 Å². The van der Waals surface area contributed by atoms with Gasteiger partial charge in [0, 0.05) is 4.88 Å². The van der Waals surface area contributed by atoms with Crippen molar-refractivity contribution >= 4 is 17.3 Å². The molecular formula is C14H21NO2S. The topological polar surface area (TPSA) is 39.2 Å². The average Bonchev–Trinajstić information content (AvgIpc) is 2.85. The van der Waals surface area contributed by atoms with Gasteiger partial charge in [-0.3, -0.25) is 4.79 Å². The fourth-order valence-corrected chi connectivity index (χ4v) is 3.43. The van der Waals surface area contributed by atoms with E-state index in [0.717, 1.165) is 31.4 Å². The number of thiazole rings is 1. The van der Waals surface area contributed by atoms with Crippen molar-refractivity contribution < 1.29 is 9.53 Å². The first-order chi connectivity index (χ1) is 8.61. The lowest BCUT2D eigenvalue weighted by atomic mass is 10.1. The van der Waals surface area contributed by atoms with Gasteiger partial charge in [0.2, 0.25) is 0 Å². The highest BCUT2D eigenvalue weighted by Crippen LogP contribution is 2.37. The summed E-state index contributed by atoms with van der Waals surface area (Å²) in [5, 5.41) is 1.18. The molecule has 0 aliphatic heterocycles. The van der Waals surface area contributed by atoms with Crippen LogP contribution in [0, 0.1) is 5.92 Å². The van der Waals surface area contributed by atoms with Crippen LogP contribution in [0.2, 0.25) is 0 Å². The number of esters is 1. The monoisotopic (exact) mass is 267 g/mol. The third-order valence-corrected chi connectivity index (χ3v) is 4.46. The molecule has 0 amide bonds. The molecule has 1 aromatic heterocycles. The molecule has 0 radical (unpaired) electrons. The summed E-state index contributed by atoms with van der Waals surface area (Å²) in [5.41, 5.74) is 0.997. The quantitative estimate of drug-likeness (QED) is 0.768. The number of aromatic nitrogens is 1. The molecule has 1 unspecified atom stereocenters. The van der Waals surface area contributed by atoms with Gasteiger partial charge in [-0.05, 0) is 38.5 Å². The van der Waals surface area contributed by atoms with Crippen molar-refractivity contribution in [2.75, 3.05) is 6.61 Å². The second kappa shape index (κ2) is 5.83. The van der Waals surface area contributed by atoms with E-state index in [2.05, 4.69) is 18.8 Å². The fourth-order valence-electron chi connectivity index (χ4n) is 2.27. The van der Waals surface area contributed by atoms with Gasteiger partial charge in [-0.25, -0.2) is 4.98 Å². The number of nitrogens with zero attached hydrogens (tertiary/aromatic N) is 1. The molecule has 18 heavy (non-hydrogen) atoms. The predicted molar refractivity (Wildman–Crippen MR) is 73.0 cm³/mol. The summed E-state index contributed by atoms with van der Waals surface area (Å²) in [6.45, 7) is 6.75. The molecule has 1 heterocycles. The third-order valence-electron chi connectivity index (χ3n) is 3.27. The summed E-state index contributed by atoms with van der Waals surface area (Å²) in [6.07, 6.45) is 4.05. The molecule has 4 heteroatoms. The zero-order valence-corrected chi connectivity index (χ0v) is 12.2. The number of carbonyl (C=O) groups is 1. The van der Waals surface area contributed by atoms with E-state index in [4.69, 9.17) is 4.74 Å². The predicted octanol–water partition coefficient (Wildman–Crippen LogP) is 3.32. The average molecular weight is 267 g/mol. The molecule has 1 aliphatic carbocycles. The second-order valence-corrected chi connectivity index (χ2v) is 6.36. The first-order valence-corrected chi connectivity index (χ1v) is 7.58. The van der Waals surface area contributed by atoms with Gasteiger partial charge in [-0.2, -0.15) is 0 Å². The van der Waals surface area contributed by atoms with Crippen molar-refractivity contribution in [2.24, 2.45) is 5.92 Å². The van der Waals surface area contributed by atoms with Gasteiger partial charge < -0.3 is 4.74 Å². The van der Waals surface area contributed by atoms with Crippen LogP contribution in [0.1, 0.15) is 55.1 Å². The molecule has 3 nitrogen and oxygen atoms in total. The van der Waals surface area contributed by atoms with Crippen molar-refractivity contribution in [1.82, 2.24) is 4.98 Å². The highest BCUT2D eigenvalue weighted by Gasteiger charge is 2.33. The summed E-state index contributed by atoms with van der Waals surface area (Å²) < 4.78 is 5.12. The van der Waals surface area contributed by atoms with E-state index in [1.165, 1.54) is 9.88 Å². The highest BCUT2D eigenvalue weighted by molar-refractivity contribution is 7.11. The lowest BCUT2D eigenvalue weighted by Gasteiger charge is -2.08. The molecule has 2 rings (SSSR count). The Labute approximate surface area is 113 Å². The summed E-state index contributed by atoms with van der Waals surface area (Å²) in [6, 6.07) is 0. The first kappa shape index (κ1) is 13.5. The van der Waals surface area contributed by atoms with Crippen LogP contribution in [0.15, 0.2) is 0 Å². The number of fused-ring (bicyclic) bond motifs is 1. The van der Waals surface area contributed by atoms with Crippen LogP contribution in [-0.2, 0) is 22.4 Å². The van der Waals surface area contributed by atoms with E-state index in [-0.39, 0.29) is 11.9 Å². The van der Waals surface area contributed by atoms with Crippen LogP contribution >= 0.6 is 11.3 Å². The summed E-state index contributed by atoms with van der Waals surface area (Å²) >= 11 is 1.78. The minimum Gasteiger partial charge on any atom is -0.465 e. The maximum Gasteiger partial charge on any atom is 0.315 e. The lowest BCUT2D eigenvalue weighted by molar-refractivity contribution is -0.145. The third kappa shape index (κ3) is 2.91. The van der Waals surface area contributed by atoms with Crippen LogP contribution in [0.4, 0.5) is 0 Å². The molecule has 0 saturated carbocycles. The van der Waals surface area contributed by atoms with Gasteiger partial charge in [0.15, 0.2) is 0 Å². The zero-order valence-electron chi connectivity index (χ0n) is 11.4. The molecule has 1 atom stereocenters. The number of carbonyl (C=O) groups excluding carboxylic acids is 1. The Morgan fingerprint density at radius 2 is 2.33 bits per heavy atom. The SMILES string of the molecule is CCOC(=O)C1CCc2sc(CCC(C)C)nc21. The number of aryl methyl sites for hydroxylation is 2. The van der Waals surface area contributed by atoms with E-state index in [0.29, 0.717) is 12.5 Å². The largest absolute Gasteiger partial charge is 0.465 e. The molecule has 0 spiro atoms. The minimum atomic E-state index is -0.107.